The molecule has 0 atom stereocenters. The van der Waals surface area contributed by atoms with Crippen molar-refractivity contribution < 1.29 is 23.1 Å². The van der Waals surface area contributed by atoms with E-state index in [-0.39, 0.29) is 13.2 Å². The molecule has 106 valence electrons. The van der Waals surface area contributed by atoms with Crippen molar-refractivity contribution in [3.05, 3.63) is 35.4 Å². The molecule has 0 aromatic heterocycles. The van der Waals surface area contributed by atoms with E-state index in [0.29, 0.717) is 6.54 Å². The third-order valence-electron chi connectivity index (χ3n) is 2.27. The van der Waals surface area contributed by atoms with Crippen LogP contribution in [0.3, 0.4) is 0 Å². The lowest BCUT2D eigenvalue weighted by atomic mass is 10.1. The summed E-state index contributed by atoms with van der Waals surface area (Å²) < 4.78 is 35.5. The summed E-state index contributed by atoms with van der Waals surface area (Å²) in [7, 11) is 0. The number of carbonyl (C=O) groups is 1. The number of carbonyl (C=O) groups excluding carboxylic acids is 1. The van der Waals surface area contributed by atoms with Gasteiger partial charge in [0.2, 0.25) is 5.91 Å². The second-order valence-corrected chi connectivity index (χ2v) is 3.97. The Kier molecular flexibility index (Phi) is 5.78. The molecule has 0 bridgehead atoms. The summed E-state index contributed by atoms with van der Waals surface area (Å²) in [5.74, 6) is -0.712. The Morgan fingerprint density at radius 2 is 1.95 bits per heavy atom. The standard InChI is InChI=1S/C12H15F3N2O2/c13-12(14,15)8-17-11(19)6-16-5-9-2-1-3-10(4-9)7-18/h1-4,16,18H,5-8H2,(H,17,19). The fraction of sp³-hybridized carbons (Fsp3) is 0.417. The van der Waals surface area contributed by atoms with E-state index in [9.17, 15) is 18.0 Å². The van der Waals surface area contributed by atoms with Crippen LogP contribution in [0.2, 0.25) is 0 Å². The molecule has 7 heteroatoms. The molecular formula is C12H15F3N2O2. The van der Waals surface area contributed by atoms with E-state index < -0.39 is 18.6 Å². The molecule has 3 N–H and O–H groups in total. The second kappa shape index (κ2) is 7.10. The molecule has 0 heterocycles. The Labute approximate surface area is 108 Å². The van der Waals surface area contributed by atoms with Crippen LogP contribution in [0.4, 0.5) is 13.2 Å². The summed E-state index contributed by atoms with van der Waals surface area (Å²) in [6.45, 7) is -1.26. The highest BCUT2D eigenvalue weighted by atomic mass is 19.4. The summed E-state index contributed by atoms with van der Waals surface area (Å²) in [6, 6.07) is 7.05. The summed E-state index contributed by atoms with van der Waals surface area (Å²) in [6.07, 6.45) is -4.40. The normalized spacial score (nSPS) is 11.4. The molecule has 19 heavy (non-hydrogen) atoms. The van der Waals surface area contributed by atoms with Gasteiger partial charge in [0, 0.05) is 6.54 Å². The molecule has 4 nitrogen and oxygen atoms in total. The zero-order valence-electron chi connectivity index (χ0n) is 10.1. The molecule has 1 aromatic rings. The van der Waals surface area contributed by atoms with E-state index in [0.717, 1.165) is 11.1 Å². The number of aliphatic hydroxyl groups excluding tert-OH is 1. The molecule has 0 spiro atoms. The predicted molar refractivity (Wildman–Crippen MR) is 63.1 cm³/mol. The van der Waals surface area contributed by atoms with Gasteiger partial charge in [0.05, 0.1) is 13.2 Å². The van der Waals surface area contributed by atoms with Gasteiger partial charge in [-0.15, -0.1) is 0 Å². The van der Waals surface area contributed by atoms with Crippen LogP contribution in [0.25, 0.3) is 0 Å². The second-order valence-electron chi connectivity index (χ2n) is 3.97. The van der Waals surface area contributed by atoms with E-state index in [2.05, 4.69) is 5.32 Å². The van der Waals surface area contributed by atoms with Gasteiger partial charge < -0.3 is 15.7 Å². The van der Waals surface area contributed by atoms with Gasteiger partial charge in [0.15, 0.2) is 0 Å². The quantitative estimate of drug-likeness (QED) is 0.725. The number of benzene rings is 1. The first-order valence-electron chi connectivity index (χ1n) is 5.63. The number of hydrogen-bond acceptors (Lipinski definition) is 3. The van der Waals surface area contributed by atoms with Crippen molar-refractivity contribution in [3.63, 3.8) is 0 Å². The van der Waals surface area contributed by atoms with E-state index in [1.165, 1.54) is 0 Å². The first kappa shape index (κ1) is 15.5. The third kappa shape index (κ3) is 6.78. The average Bonchev–Trinajstić information content (AvgIpc) is 2.36. The fourth-order valence-corrected chi connectivity index (χ4v) is 1.42. The van der Waals surface area contributed by atoms with Gasteiger partial charge in [0.25, 0.3) is 0 Å². The van der Waals surface area contributed by atoms with E-state index in [1.54, 1.807) is 29.6 Å². The van der Waals surface area contributed by atoms with Gasteiger partial charge in [-0.25, -0.2) is 0 Å². The van der Waals surface area contributed by atoms with Crippen LogP contribution in [0.15, 0.2) is 24.3 Å². The Hall–Kier alpha value is -1.60. The topological polar surface area (TPSA) is 61.4 Å². The Bertz CT molecular complexity index is 422. The summed E-state index contributed by atoms with van der Waals surface area (Å²) in [5.41, 5.74) is 1.58. The van der Waals surface area contributed by atoms with Crippen LogP contribution in [0, 0.1) is 0 Å². The summed E-state index contributed by atoms with van der Waals surface area (Å²) >= 11 is 0. The number of alkyl halides is 3. The minimum absolute atomic E-state index is 0.0834. The van der Waals surface area contributed by atoms with Crippen molar-refractivity contribution in [3.8, 4) is 0 Å². The van der Waals surface area contributed by atoms with E-state index >= 15 is 0 Å². The van der Waals surface area contributed by atoms with Crippen molar-refractivity contribution in [2.75, 3.05) is 13.1 Å². The average molecular weight is 276 g/mol. The van der Waals surface area contributed by atoms with Crippen molar-refractivity contribution in [1.82, 2.24) is 10.6 Å². The van der Waals surface area contributed by atoms with E-state index in [4.69, 9.17) is 5.11 Å². The number of nitrogens with one attached hydrogen (secondary N) is 2. The molecule has 1 amide bonds. The van der Waals surface area contributed by atoms with Crippen LogP contribution in [-0.2, 0) is 17.9 Å². The molecular weight excluding hydrogens is 261 g/mol. The molecule has 1 rings (SSSR count). The number of rotatable bonds is 6. The molecule has 1 aromatic carbocycles. The molecule has 0 radical (unpaired) electrons. The van der Waals surface area contributed by atoms with Crippen LogP contribution in [0.5, 0.6) is 0 Å². The lowest BCUT2D eigenvalue weighted by Crippen LogP contribution is -2.39. The molecule has 0 fully saturated rings. The molecule has 0 unspecified atom stereocenters. The number of hydrogen-bond donors (Lipinski definition) is 3. The number of halogens is 3. The Balaban J connectivity index is 2.28. The molecule has 0 aliphatic rings. The first-order chi connectivity index (χ1) is 8.90. The monoisotopic (exact) mass is 276 g/mol. The van der Waals surface area contributed by atoms with Crippen molar-refractivity contribution >= 4 is 5.91 Å². The highest BCUT2D eigenvalue weighted by Gasteiger charge is 2.27. The van der Waals surface area contributed by atoms with Crippen LogP contribution < -0.4 is 10.6 Å². The highest BCUT2D eigenvalue weighted by molar-refractivity contribution is 5.78. The maximum absolute atomic E-state index is 11.8. The summed E-state index contributed by atoms with van der Waals surface area (Å²) in [5, 5.41) is 13.4. The highest BCUT2D eigenvalue weighted by Crippen LogP contribution is 2.11. The molecule has 0 saturated heterocycles. The van der Waals surface area contributed by atoms with Gasteiger partial charge in [-0.1, -0.05) is 24.3 Å². The van der Waals surface area contributed by atoms with Crippen LogP contribution in [0.1, 0.15) is 11.1 Å². The maximum atomic E-state index is 11.8. The van der Waals surface area contributed by atoms with Gasteiger partial charge in [-0.3, -0.25) is 4.79 Å². The van der Waals surface area contributed by atoms with Gasteiger partial charge in [-0.05, 0) is 11.1 Å². The predicted octanol–water partition coefficient (Wildman–Crippen LogP) is 0.947. The Morgan fingerprint density at radius 3 is 2.58 bits per heavy atom. The minimum Gasteiger partial charge on any atom is -0.392 e. The fourth-order valence-electron chi connectivity index (χ4n) is 1.42. The van der Waals surface area contributed by atoms with Gasteiger partial charge in [-0.2, -0.15) is 13.2 Å². The zero-order chi connectivity index (χ0) is 14.3. The molecule has 0 aliphatic carbocycles. The van der Waals surface area contributed by atoms with Crippen molar-refractivity contribution in [2.24, 2.45) is 0 Å². The van der Waals surface area contributed by atoms with Crippen LogP contribution in [-0.4, -0.2) is 30.3 Å². The number of amides is 1. The summed E-state index contributed by atoms with van der Waals surface area (Å²) in [4.78, 5) is 11.1. The Morgan fingerprint density at radius 1 is 1.26 bits per heavy atom. The lowest BCUT2D eigenvalue weighted by molar-refractivity contribution is -0.137. The van der Waals surface area contributed by atoms with Crippen molar-refractivity contribution in [2.45, 2.75) is 19.3 Å². The number of aliphatic hydroxyl groups is 1. The van der Waals surface area contributed by atoms with E-state index in [1.807, 2.05) is 0 Å². The first-order valence-corrected chi connectivity index (χ1v) is 5.63. The minimum atomic E-state index is -4.40. The zero-order valence-corrected chi connectivity index (χ0v) is 10.1. The SMILES string of the molecule is O=C(CNCc1cccc(CO)c1)NCC(F)(F)F. The smallest absolute Gasteiger partial charge is 0.392 e. The van der Waals surface area contributed by atoms with Crippen LogP contribution >= 0.6 is 0 Å². The van der Waals surface area contributed by atoms with Crippen molar-refractivity contribution in [1.29, 1.82) is 0 Å². The molecule has 0 aliphatic heterocycles. The third-order valence-corrected chi connectivity index (χ3v) is 2.27. The largest absolute Gasteiger partial charge is 0.405 e. The molecule has 0 saturated carbocycles. The maximum Gasteiger partial charge on any atom is 0.405 e. The lowest BCUT2D eigenvalue weighted by Gasteiger charge is -2.09. The van der Waals surface area contributed by atoms with Gasteiger partial charge >= 0.3 is 6.18 Å². The van der Waals surface area contributed by atoms with Gasteiger partial charge in [0.1, 0.15) is 6.54 Å².